The Balaban J connectivity index is 1.77. The van der Waals surface area contributed by atoms with E-state index in [9.17, 15) is 0 Å². The third-order valence-corrected chi connectivity index (χ3v) is 3.63. The lowest BCUT2D eigenvalue weighted by molar-refractivity contribution is 0.417. The van der Waals surface area contributed by atoms with Crippen molar-refractivity contribution in [2.75, 3.05) is 0 Å². The first-order chi connectivity index (χ1) is 11.3. The molecule has 0 aliphatic heterocycles. The number of hydrogen-bond donors (Lipinski definition) is 1. The van der Waals surface area contributed by atoms with Crippen LogP contribution in [0.2, 0.25) is 0 Å². The minimum absolute atomic E-state index is 0.241. The van der Waals surface area contributed by atoms with Crippen LogP contribution in [0, 0.1) is 0 Å². The van der Waals surface area contributed by atoms with Crippen LogP contribution in [-0.4, -0.2) is 29.5 Å². The molecule has 0 aliphatic rings. The van der Waals surface area contributed by atoms with Gasteiger partial charge in [0, 0.05) is 24.3 Å². The van der Waals surface area contributed by atoms with Gasteiger partial charge in [0.25, 0.3) is 5.89 Å². The molecule has 4 aromatic rings. The highest BCUT2D eigenvalue weighted by atomic mass is 16.5. The Morgan fingerprint density at radius 3 is 2.87 bits per heavy atom. The predicted molar refractivity (Wildman–Crippen MR) is 83.1 cm³/mol. The summed E-state index contributed by atoms with van der Waals surface area (Å²) < 4.78 is 9.25. The van der Waals surface area contributed by atoms with Gasteiger partial charge in [0.05, 0.1) is 24.9 Å². The zero-order chi connectivity index (χ0) is 15.6. The largest absolute Gasteiger partial charge is 0.336 e. The number of imidazole rings is 1. The van der Waals surface area contributed by atoms with Crippen molar-refractivity contribution in [3.63, 3.8) is 0 Å². The summed E-state index contributed by atoms with van der Waals surface area (Å²) in [6.45, 7) is 1.66. The van der Waals surface area contributed by atoms with Crippen LogP contribution < -0.4 is 5.73 Å². The van der Waals surface area contributed by atoms with E-state index in [0.717, 1.165) is 23.1 Å². The smallest absolute Gasteiger partial charge is 0.276 e. The number of benzene rings is 1. The zero-order valence-corrected chi connectivity index (χ0v) is 12.3. The van der Waals surface area contributed by atoms with E-state index >= 15 is 0 Å². The summed E-state index contributed by atoms with van der Waals surface area (Å²) in [7, 11) is 0. The molecule has 0 unspecified atom stereocenters. The molecule has 0 spiro atoms. The summed E-state index contributed by atoms with van der Waals surface area (Å²) in [6, 6.07) is 7.89. The number of nitrogens with two attached hydrogens (primary N) is 1. The maximum atomic E-state index is 5.57. The molecular weight excluding hydrogens is 294 g/mol. The van der Waals surface area contributed by atoms with Crippen molar-refractivity contribution in [3.05, 3.63) is 48.8 Å². The van der Waals surface area contributed by atoms with Crippen LogP contribution in [-0.2, 0) is 19.6 Å². The Bertz CT molecular complexity index is 923. The lowest BCUT2D eigenvalue weighted by Gasteiger charge is -2.05. The molecule has 0 fully saturated rings. The monoisotopic (exact) mass is 309 g/mol. The minimum Gasteiger partial charge on any atom is -0.336 e. The lowest BCUT2D eigenvalue weighted by Crippen LogP contribution is -2.09. The molecular formula is C15H15N7O. The second kappa shape index (κ2) is 5.65. The molecule has 2 N–H and O–H groups in total. The van der Waals surface area contributed by atoms with E-state index in [1.165, 1.54) is 0 Å². The summed E-state index contributed by atoms with van der Waals surface area (Å²) in [5.74, 6) is 0.913. The van der Waals surface area contributed by atoms with Gasteiger partial charge in [-0.3, -0.25) is 4.68 Å². The molecule has 4 rings (SSSR count). The van der Waals surface area contributed by atoms with Crippen LogP contribution in [0.5, 0.6) is 0 Å². The van der Waals surface area contributed by atoms with Gasteiger partial charge in [-0.2, -0.15) is 10.1 Å². The number of fused-ring (bicyclic) bond motifs is 1. The van der Waals surface area contributed by atoms with E-state index in [1.807, 2.05) is 39.7 Å². The van der Waals surface area contributed by atoms with Crippen molar-refractivity contribution in [2.45, 2.75) is 19.6 Å². The van der Waals surface area contributed by atoms with Gasteiger partial charge in [-0.1, -0.05) is 23.4 Å². The highest BCUT2D eigenvalue weighted by Gasteiger charge is 2.18. The second-order valence-corrected chi connectivity index (χ2v) is 5.11. The molecule has 0 aliphatic carbocycles. The average Bonchev–Trinajstić information content (AvgIpc) is 3.31. The summed E-state index contributed by atoms with van der Waals surface area (Å²) in [5.41, 5.74) is 7.27. The molecule has 0 saturated heterocycles. The maximum absolute atomic E-state index is 5.57. The molecule has 8 heteroatoms. The Hall–Kier alpha value is -3.00. The molecule has 0 radical (unpaired) electrons. The van der Waals surface area contributed by atoms with Gasteiger partial charge in [-0.05, 0) is 6.07 Å². The predicted octanol–water partition coefficient (Wildman–Crippen LogP) is 1.44. The topological polar surface area (TPSA) is 101 Å². The van der Waals surface area contributed by atoms with Crippen LogP contribution in [0.25, 0.3) is 22.5 Å². The van der Waals surface area contributed by atoms with Crippen LogP contribution in [0.3, 0.4) is 0 Å². The van der Waals surface area contributed by atoms with Crippen molar-refractivity contribution >= 4 is 10.9 Å². The van der Waals surface area contributed by atoms with E-state index in [4.69, 9.17) is 10.3 Å². The van der Waals surface area contributed by atoms with Crippen molar-refractivity contribution in [1.82, 2.24) is 29.5 Å². The third kappa shape index (κ3) is 2.49. The average molecular weight is 309 g/mol. The zero-order valence-electron chi connectivity index (χ0n) is 12.3. The van der Waals surface area contributed by atoms with Gasteiger partial charge in [0.2, 0.25) is 0 Å². The van der Waals surface area contributed by atoms with Crippen molar-refractivity contribution in [3.8, 4) is 11.6 Å². The minimum atomic E-state index is 0.241. The fraction of sp³-hybridized carbons (Fsp3) is 0.200. The van der Waals surface area contributed by atoms with Crippen molar-refractivity contribution < 1.29 is 4.52 Å². The summed E-state index contributed by atoms with van der Waals surface area (Å²) in [4.78, 5) is 8.39. The molecule has 8 nitrogen and oxygen atoms in total. The number of nitrogens with zero attached hydrogens (tertiary/aromatic N) is 6. The molecule has 1 aromatic carbocycles. The standard InChI is InChI=1S/C15H15N7O/c16-9-13-18-15(23-20-13)14-11-3-1-2-4-12(11)19-22(14)8-7-21-6-5-17-10-21/h1-6,10H,7-9,16H2. The molecule has 0 amide bonds. The fourth-order valence-electron chi connectivity index (χ4n) is 2.53. The summed E-state index contributed by atoms with van der Waals surface area (Å²) in [5, 5.41) is 9.51. The Morgan fingerprint density at radius 2 is 2.09 bits per heavy atom. The first-order valence-electron chi connectivity index (χ1n) is 7.29. The Morgan fingerprint density at radius 1 is 1.17 bits per heavy atom. The van der Waals surface area contributed by atoms with Crippen molar-refractivity contribution in [2.24, 2.45) is 5.73 Å². The Labute approximate surface area is 131 Å². The maximum Gasteiger partial charge on any atom is 0.276 e. The molecule has 0 bridgehead atoms. The summed E-state index contributed by atoms with van der Waals surface area (Å²) in [6.07, 6.45) is 5.45. The number of aromatic nitrogens is 6. The first kappa shape index (κ1) is 13.6. The summed E-state index contributed by atoms with van der Waals surface area (Å²) >= 11 is 0. The van der Waals surface area contributed by atoms with Gasteiger partial charge in [0.15, 0.2) is 5.82 Å². The number of rotatable bonds is 5. The lowest BCUT2D eigenvalue weighted by atomic mass is 10.2. The van der Waals surface area contributed by atoms with Gasteiger partial charge in [-0.15, -0.1) is 0 Å². The van der Waals surface area contributed by atoms with Gasteiger partial charge in [-0.25, -0.2) is 4.98 Å². The van der Waals surface area contributed by atoms with E-state index in [1.54, 1.807) is 12.5 Å². The molecule has 116 valence electrons. The van der Waals surface area contributed by atoms with E-state index < -0.39 is 0 Å². The second-order valence-electron chi connectivity index (χ2n) is 5.11. The first-order valence-corrected chi connectivity index (χ1v) is 7.29. The van der Waals surface area contributed by atoms with Crippen LogP contribution in [0.15, 0.2) is 47.5 Å². The number of hydrogen-bond acceptors (Lipinski definition) is 6. The third-order valence-electron chi connectivity index (χ3n) is 3.63. The molecule has 23 heavy (non-hydrogen) atoms. The molecule has 0 atom stereocenters. The van der Waals surface area contributed by atoms with Crippen LogP contribution in [0.4, 0.5) is 0 Å². The van der Waals surface area contributed by atoms with Crippen LogP contribution in [0.1, 0.15) is 5.82 Å². The number of aryl methyl sites for hydroxylation is 2. The normalized spacial score (nSPS) is 11.3. The highest BCUT2D eigenvalue weighted by molar-refractivity contribution is 5.91. The Kier molecular flexibility index (Phi) is 3.35. The highest BCUT2D eigenvalue weighted by Crippen LogP contribution is 2.27. The van der Waals surface area contributed by atoms with E-state index in [-0.39, 0.29) is 6.54 Å². The quantitative estimate of drug-likeness (QED) is 0.598. The van der Waals surface area contributed by atoms with E-state index in [2.05, 4.69) is 20.2 Å². The fourth-order valence-corrected chi connectivity index (χ4v) is 2.53. The van der Waals surface area contributed by atoms with Gasteiger partial charge in [0.1, 0.15) is 5.69 Å². The van der Waals surface area contributed by atoms with Crippen LogP contribution >= 0.6 is 0 Å². The molecule has 3 aromatic heterocycles. The van der Waals surface area contributed by atoms with Crippen molar-refractivity contribution in [1.29, 1.82) is 0 Å². The molecule has 0 saturated carbocycles. The SMILES string of the molecule is NCc1noc(-c2c3ccccc3nn2CCn2ccnc2)n1. The van der Waals surface area contributed by atoms with Gasteiger partial charge < -0.3 is 14.8 Å². The van der Waals surface area contributed by atoms with Gasteiger partial charge >= 0.3 is 0 Å². The molecule has 3 heterocycles. The van der Waals surface area contributed by atoms with E-state index in [0.29, 0.717) is 18.3 Å².